The highest BCUT2D eigenvalue weighted by molar-refractivity contribution is 5.37. The molecule has 0 saturated carbocycles. The zero-order chi connectivity index (χ0) is 16.1. The fourth-order valence-electron chi connectivity index (χ4n) is 2.83. The van der Waals surface area contributed by atoms with Crippen molar-refractivity contribution in [3.8, 4) is 5.75 Å². The maximum Gasteiger partial charge on any atom is 0.122 e. The van der Waals surface area contributed by atoms with Gasteiger partial charge in [0.2, 0.25) is 0 Å². The smallest absolute Gasteiger partial charge is 0.122 e. The fraction of sp³-hybridized carbons (Fsp3) is 0.684. The first-order valence-electron chi connectivity index (χ1n) is 8.08. The average molecular weight is 291 g/mol. The summed E-state index contributed by atoms with van der Waals surface area (Å²) < 4.78 is 5.55. The number of ether oxygens (including phenoxy) is 1. The van der Waals surface area contributed by atoms with Crippen LogP contribution in [-0.2, 0) is 6.42 Å². The third-order valence-corrected chi connectivity index (χ3v) is 3.95. The van der Waals surface area contributed by atoms with Crippen molar-refractivity contribution >= 4 is 0 Å². The fourth-order valence-corrected chi connectivity index (χ4v) is 2.83. The Labute approximate surface area is 131 Å². The number of nitrogens with one attached hydrogen (secondary N) is 1. The van der Waals surface area contributed by atoms with Gasteiger partial charge in [0, 0.05) is 12.1 Å². The summed E-state index contributed by atoms with van der Waals surface area (Å²) in [5.41, 5.74) is 3.03. The van der Waals surface area contributed by atoms with Crippen molar-refractivity contribution < 1.29 is 4.74 Å². The Hall–Kier alpha value is -1.02. The number of methoxy groups -OCH3 is 1. The Morgan fingerprint density at radius 3 is 2.33 bits per heavy atom. The summed E-state index contributed by atoms with van der Waals surface area (Å²) in [5.74, 6) is 1.01. The number of hydrogen-bond donors (Lipinski definition) is 1. The molecule has 2 heteroatoms. The molecule has 0 aliphatic rings. The van der Waals surface area contributed by atoms with Crippen molar-refractivity contribution in [2.24, 2.45) is 5.41 Å². The molecule has 0 aliphatic carbocycles. The van der Waals surface area contributed by atoms with E-state index in [2.05, 4.69) is 65.1 Å². The van der Waals surface area contributed by atoms with Crippen molar-refractivity contribution in [3.63, 3.8) is 0 Å². The molecule has 0 aromatic heterocycles. The predicted octanol–water partition coefficient (Wildman–Crippen LogP) is 4.74. The van der Waals surface area contributed by atoms with Crippen LogP contribution in [0.1, 0.15) is 58.6 Å². The van der Waals surface area contributed by atoms with Crippen LogP contribution in [0.5, 0.6) is 5.75 Å². The van der Waals surface area contributed by atoms with Gasteiger partial charge in [0.05, 0.1) is 7.11 Å². The van der Waals surface area contributed by atoms with Gasteiger partial charge in [-0.05, 0) is 57.6 Å². The maximum atomic E-state index is 5.55. The molecule has 120 valence electrons. The van der Waals surface area contributed by atoms with Gasteiger partial charge in [0.15, 0.2) is 0 Å². The molecule has 0 spiro atoms. The molecule has 1 unspecified atom stereocenters. The summed E-state index contributed by atoms with van der Waals surface area (Å²) >= 11 is 0. The van der Waals surface area contributed by atoms with E-state index in [1.807, 2.05) is 0 Å². The second-order valence-electron chi connectivity index (χ2n) is 7.66. The molecule has 0 heterocycles. The molecule has 2 nitrogen and oxygen atoms in total. The molecular formula is C19H33NO. The quantitative estimate of drug-likeness (QED) is 0.783. The first-order valence-corrected chi connectivity index (χ1v) is 8.08. The predicted molar refractivity (Wildman–Crippen MR) is 92.2 cm³/mol. The largest absolute Gasteiger partial charge is 0.496 e. The molecule has 0 aliphatic heterocycles. The third kappa shape index (κ3) is 6.09. The molecule has 1 N–H and O–H groups in total. The Kier molecular flexibility index (Phi) is 6.27. The minimum Gasteiger partial charge on any atom is -0.496 e. The molecule has 1 aromatic rings. The maximum absolute atomic E-state index is 5.55. The van der Waals surface area contributed by atoms with Crippen LogP contribution in [0.15, 0.2) is 18.2 Å². The highest BCUT2D eigenvalue weighted by atomic mass is 16.5. The summed E-state index contributed by atoms with van der Waals surface area (Å²) in [6.45, 7) is 14.5. The van der Waals surface area contributed by atoms with E-state index < -0.39 is 0 Å². The zero-order valence-electron chi connectivity index (χ0n) is 15.0. The Morgan fingerprint density at radius 2 is 1.81 bits per heavy atom. The van der Waals surface area contributed by atoms with E-state index in [-0.39, 0.29) is 11.0 Å². The van der Waals surface area contributed by atoms with Gasteiger partial charge in [-0.25, -0.2) is 0 Å². The van der Waals surface area contributed by atoms with Gasteiger partial charge in [0.1, 0.15) is 5.75 Å². The summed E-state index contributed by atoms with van der Waals surface area (Å²) in [4.78, 5) is 0. The topological polar surface area (TPSA) is 21.3 Å². The van der Waals surface area contributed by atoms with E-state index in [1.165, 1.54) is 24.0 Å². The molecular weight excluding hydrogens is 258 g/mol. The van der Waals surface area contributed by atoms with Crippen LogP contribution < -0.4 is 10.1 Å². The second-order valence-corrected chi connectivity index (χ2v) is 7.66. The van der Waals surface area contributed by atoms with Crippen LogP contribution in [0.4, 0.5) is 0 Å². The van der Waals surface area contributed by atoms with Crippen LogP contribution in [0.3, 0.4) is 0 Å². The van der Waals surface area contributed by atoms with Crippen LogP contribution in [0.25, 0.3) is 0 Å². The lowest BCUT2D eigenvalue weighted by molar-refractivity contribution is 0.241. The normalized spacial score (nSPS) is 14.8. The molecule has 0 fully saturated rings. The lowest BCUT2D eigenvalue weighted by atomic mass is 9.78. The number of benzene rings is 1. The van der Waals surface area contributed by atoms with Crippen molar-refractivity contribution in [2.45, 2.75) is 66.3 Å². The van der Waals surface area contributed by atoms with E-state index in [0.717, 1.165) is 18.7 Å². The minimum atomic E-state index is 0.158. The highest BCUT2D eigenvalue weighted by Gasteiger charge is 2.27. The molecule has 0 radical (unpaired) electrons. The van der Waals surface area contributed by atoms with Gasteiger partial charge < -0.3 is 10.1 Å². The van der Waals surface area contributed by atoms with E-state index in [9.17, 15) is 0 Å². The number of aryl methyl sites for hydroxylation is 1. The van der Waals surface area contributed by atoms with E-state index >= 15 is 0 Å². The van der Waals surface area contributed by atoms with Crippen LogP contribution in [0.2, 0.25) is 0 Å². The molecule has 0 bridgehead atoms. The third-order valence-electron chi connectivity index (χ3n) is 3.95. The SMILES string of the molecule is CCCC(C)(CNC(C)(C)C)Cc1cc(C)ccc1OC. The summed E-state index contributed by atoms with van der Waals surface area (Å²) in [6.07, 6.45) is 3.47. The average Bonchev–Trinajstić information content (AvgIpc) is 2.36. The van der Waals surface area contributed by atoms with E-state index in [0.29, 0.717) is 0 Å². The first kappa shape index (κ1) is 18.0. The summed E-state index contributed by atoms with van der Waals surface area (Å²) in [7, 11) is 1.76. The molecule has 1 rings (SSSR count). The Bertz CT molecular complexity index is 447. The molecule has 1 aromatic carbocycles. The van der Waals surface area contributed by atoms with Gasteiger partial charge in [0.25, 0.3) is 0 Å². The lowest BCUT2D eigenvalue weighted by Crippen LogP contribution is -2.43. The zero-order valence-corrected chi connectivity index (χ0v) is 15.0. The number of hydrogen-bond acceptors (Lipinski definition) is 2. The minimum absolute atomic E-state index is 0.158. The molecule has 0 saturated heterocycles. The Balaban J connectivity index is 2.93. The lowest BCUT2D eigenvalue weighted by Gasteiger charge is -2.34. The first-order chi connectivity index (χ1) is 9.69. The van der Waals surface area contributed by atoms with Crippen LogP contribution in [0, 0.1) is 12.3 Å². The molecule has 0 amide bonds. The van der Waals surface area contributed by atoms with Crippen molar-refractivity contribution in [3.05, 3.63) is 29.3 Å². The van der Waals surface area contributed by atoms with Gasteiger partial charge >= 0.3 is 0 Å². The van der Waals surface area contributed by atoms with Gasteiger partial charge in [-0.15, -0.1) is 0 Å². The number of rotatable bonds is 7. The van der Waals surface area contributed by atoms with Gasteiger partial charge in [-0.3, -0.25) is 0 Å². The Morgan fingerprint density at radius 1 is 1.14 bits per heavy atom. The second kappa shape index (κ2) is 7.31. The monoisotopic (exact) mass is 291 g/mol. The van der Waals surface area contributed by atoms with Crippen molar-refractivity contribution in [2.75, 3.05) is 13.7 Å². The van der Waals surface area contributed by atoms with Crippen molar-refractivity contribution in [1.82, 2.24) is 5.32 Å². The van der Waals surface area contributed by atoms with Crippen LogP contribution >= 0.6 is 0 Å². The van der Waals surface area contributed by atoms with Crippen LogP contribution in [-0.4, -0.2) is 19.2 Å². The highest BCUT2D eigenvalue weighted by Crippen LogP contribution is 2.32. The summed E-state index contributed by atoms with van der Waals surface area (Å²) in [5, 5.41) is 3.68. The van der Waals surface area contributed by atoms with Gasteiger partial charge in [-0.1, -0.05) is 38.0 Å². The van der Waals surface area contributed by atoms with Crippen molar-refractivity contribution in [1.29, 1.82) is 0 Å². The van der Waals surface area contributed by atoms with E-state index in [1.54, 1.807) is 7.11 Å². The summed E-state index contributed by atoms with van der Waals surface area (Å²) in [6, 6.07) is 6.48. The molecule has 21 heavy (non-hydrogen) atoms. The van der Waals surface area contributed by atoms with E-state index in [4.69, 9.17) is 4.74 Å². The van der Waals surface area contributed by atoms with Gasteiger partial charge in [-0.2, -0.15) is 0 Å². The molecule has 1 atom stereocenters. The standard InChI is InChI=1S/C19H33NO/c1-8-11-19(6,14-20-18(3,4)5)13-16-12-15(2)9-10-17(16)21-7/h9-10,12,20H,8,11,13-14H2,1-7H3.